The van der Waals surface area contributed by atoms with Crippen LogP contribution in [-0.4, -0.2) is 5.91 Å². The highest BCUT2D eigenvalue weighted by molar-refractivity contribution is 6.33. The van der Waals surface area contributed by atoms with E-state index < -0.39 is 0 Å². The molecule has 23 heavy (non-hydrogen) atoms. The van der Waals surface area contributed by atoms with Crippen LogP contribution in [0, 0.1) is 0 Å². The van der Waals surface area contributed by atoms with Gasteiger partial charge in [0.2, 0.25) is 5.91 Å². The number of amides is 1. The Morgan fingerprint density at radius 1 is 1.00 bits per heavy atom. The van der Waals surface area contributed by atoms with Crippen molar-refractivity contribution in [3.63, 3.8) is 0 Å². The molecule has 0 spiro atoms. The Labute approximate surface area is 146 Å². The van der Waals surface area contributed by atoms with Crippen LogP contribution in [0.25, 0.3) is 0 Å². The molecular formula is C19H31ClN2O. The molecule has 0 aliphatic heterocycles. The second kappa shape index (κ2) is 12.2. The minimum Gasteiger partial charge on any atom is -0.397 e. The van der Waals surface area contributed by atoms with E-state index in [2.05, 4.69) is 12.2 Å². The highest BCUT2D eigenvalue weighted by Crippen LogP contribution is 2.22. The summed E-state index contributed by atoms with van der Waals surface area (Å²) in [7, 11) is 0. The van der Waals surface area contributed by atoms with E-state index in [1.165, 1.54) is 51.4 Å². The highest BCUT2D eigenvalue weighted by Gasteiger charge is 2.04. The molecule has 1 amide bonds. The van der Waals surface area contributed by atoms with Crippen LogP contribution in [0.3, 0.4) is 0 Å². The zero-order valence-electron chi connectivity index (χ0n) is 14.4. The molecule has 0 aromatic heterocycles. The van der Waals surface area contributed by atoms with Gasteiger partial charge in [0.25, 0.3) is 0 Å². The first-order valence-electron chi connectivity index (χ1n) is 8.98. The maximum atomic E-state index is 11.9. The number of nitrogen functional groups attached to an aromatic ring is 1. The first-order valence-corrected chi connectivity index (χ1v) is 9.36. The second-order valence-corrected chi connectivity index (χ2v) is 6.62. The summed E-state index contributed by atoms with van der Waals surface area (Å²) in [6.45, 7) is 2.25. The van der Waals surface area contributed by atoms with Crippen LogP contribution in [0.1, 0.15) is 77.6 Å². The van der Waals surface area contributed by atoms with E-state index >= 15 is 0 Å². The smallest absolute Gasteiger partial charge is 0.224 e. The SMILES string of the molecule is CCCCCCCCCCCCC(=O)Nc1ccc(Cl)c(N)c1. The molecule has 3 N–H and O–H groups in total. The molecule has 0 unspecified atom stereocenters. The Kier molecular flexibility index (Phi) is 10.5. The summed E-state index contributed by atoms with van der Waals surface area (Å²) >= 11 is 5.86. The van der Waals surface area contributed by atoms with Crippen molar-refractivity contribution in [3.8, 4) is 0 Å². The number of nitrogens with two attached hydrogens (primary N) is 1. The summed E-state index contributed by atoms with van der Waals surface area (Å²) in [6, 6.07) is 5.17. The van der Waals surface area contributed by atoms with Crippen molar-refractivity contribution < 1.29 is 4.79 Å². The second-order valence-electron chi connectivity index (χ2n) is 6.22. The molecule has 0 saturated heterocycles. The van der Waals surface area contributed by atoms with Crippen LogP contribution in [0.2, 0.25) is 5.02 Å². The zero-order chi connectivity index (χ0) is 16.9. The average Bonchev–Trinajstić information content (AvgIpc) is 2.53. The van der Waals surface area contributed by atoms with Gasteiger partial charge in [0.05, 0.1) is 10.7 Å². The van der Waals surface area contributed by atoms with E-state index in [1.807, 2.05) is 0 Å². The molecule has 4 heteroatoms. The minimum absolute atomic E-state index is 0.0475. The maximum Gasteiger partial charge on any atom is 0.224 e. The Morgan fingerprint density at radius 3 is 2.13 bits per heavy atom. The first-order chi connectivity index (χ1) is 11.1. The molecule has 0 heterocycles. The number of carbonyl (C=O) groups excluding carboxylic acids is 1. The van der Waals surface area contributed by atoms with E-state index in [1.54, 1.807) is 18.2 Å². The number of nitrogens with one attached hydrogen (secondary N) is 1. The van der Waals surface area contributed by atoms with Crippen LogP contribution in [0.4, 0.5) is 11.4 Å². The van der Waals surface area contributed by atoms with Gasteiger partial charge >= 0.3 is 0 Å². The monoisotopic (exact) mass is 338 g/mol. The molecule has 0 aliphatic carbocycles. The van der Waals surface area contributed by atoms with Crippen molar-refractivity contribution >= 4 is 28.9 Å². The van der Waals surface area contributed by atoms with Gasteiger partial charge in [-0.3, -0.25) is 4.79 Å². The van der Waals surface area contributed by atoms with Crippen LogP contribution in [-0.2, 0) is 4.79 Å². The van der Waals surface area contributed by atoms with E-state index in [0.29, 0.717) is 22.8 Å². The van der Waals surface area contributed by atoms with Gasteiger partial charge in [-0.05, 0) is 24.6 Å². The first kappa shape index (κ1) is 19.8. The predicted octanol–water partition coefficient (Wildman–Crippen LogP) is 6.17. The van der Waals surface area contributed by atoms with Gasteiger partial charge < -0.3 is 11.1 Å². The van der Waals surface area contributed by atoms with Gasteiger partial charge in [0, 0.05) is 12.1 Å². The quantitative estimate of drug-likeness (QED) is 0.353. The summed E-state index contributed by atoms with van der Waals surface area (Å²) in [4.78, 5) is 11.9. The normalized spacial score (nSPS) is 10.7. The van der Waals surface area contributed by atoms with Gasteiger partial charge in [0.15, 0.2) is 0 Å². The fraction of sp³-hybridized carbons (Fsp3) is 0.632. The molecule has 0 fully saturated rings. The Bertz CT molecular complexity index is 463. The number of unbranched alkanes of at least 4 members (excludes halogenated alkanes) is 9. The van der Waals surface area contributed by atoms with Crippen LogP contribution in [0.15, 0.2) is 18.2 Å². The summed E-state index contributed by atoms with van der Waals surface area (Å²) in [5.74, 6) is 0.0475. The molecular weight excluding hydrogens is 308 g/mol. The van der Waals surface area contributed by atoms with Crippen molar-refractivity contribution in [2.75, 3.05) is 11.1 Å². The van der Waals surface area contributed by atoms with E-state index in [-0.39, 0.29) is 5.91 Å². The topological polar surface area (TPSA) is 55.1 Å². The Morgan fingerprint density at radius 2 is 1.57 bits per heavy atom. The van der Waals surface area contributed by atoms with Gasteiger partial charge in [-0.25, -0.2) is 0 Å². The number of benzene rings is 1. The minimum atomic E-state index is 0.0475. The number of rotatable bonds is 12. The van der Waals surface area contributed by atoms with Crippen molar-refractivity contribution in [2.45, 2.75) is 77.6 Å². The molecule has 1 rings (SSSR count). The maximum absolute atomic E-state index is 11.9. The van der Waals surface area contributed by atoms with Crippen LogP contribution in [0.5, 0.6) is 0 Å². The summed E-state index contributed by atoms with van der Waals surface area (Å²) in [5, 5.41) is 3.37. The predicted molar refractivity (Wildman–Crippen MR) is 101 cm³/mol. The molecule has 130 valence electrons. The third-order valence-corrected chi connectivity index (χ3v) is 4.38. The third kappa shape index (κ3) is 9.50. The number of hydrogen-bond donors (Lipinski definition) is 2. The van der Waals surface area contributed by atoms with Crippen molar-refractivity contribution in [3.05, 3.63) is 23.2 Å². The molecule has 0 saturated carbocycles. The van der Waals surface area contributed by atoms with Crippen molar-refractivity contribution in [2.24, 2.45) is 0 Å². The molecule has 0 aliphatic rings. The highest BCUT2D eigenvalue weighted by atomic mass is 35.5. The largest absolute Gasteiger partial charge is 0.397 e. The van der Waals surface area contributed by atoms with Gasteiger partial charge in [0.1, 0.15) is 0 Å². The van der Waals surface area contributed by atoms with Gasteiger partial charge in [-0.2, -0.15) is 0 Å². The Balaban J connectivity index is 2.01. The molecule has 0 bridgehead atoms. The van der Waals surface area contributed by atoms with Crippen molar-refractivity contribution in [1.29, 1.82) is 0 Å². The van der Waals surface area contributed by atoms with Crippen LogP contribution >= 0.6 is 11.6 Å². The van der Waals surface area contributed by atoms with Crippen molar-refractivity contribution in [1.82, 2.24) is 0 Å². The molecule has 0 radical (unpaired) electrons. The summed E-state index contributed by atoms with van der Waals surface area (Å²) in [5.41, 5.74) is 6.92. The molecule has 1 aromatic carbocycles. The lowest BCUT2D eigenvalue weighted by Gasteiger charge is -2.07. The third-order valence-electron chi connectivity index (χ3n) is 4.04. The zero-order valence-corrected chi connectivity index (χ0v) is 15.1. The fourth-order valence-electron chi connectivity index (χ4n) is 2.62. The summed E-state index contributed by atoms with van der Waals surface area (Å²) < 4.78 is 0. The fourth-order valence-corrected chi connectivity index (χ4v) is 2.74. The number of anilines is 2. The van der Waals surface area contributed by atoms with Gasteiger partial charge in [-0.1, -0.05) is 76.3 Å². The van der Waals surface area contributed by atoms with Gasteiger partial charge in [-0.15, -0.1) is 0 Å². The lowest BCUT2D eigenvalue weighted by Crippen LogP contribution is -2.11. The standard InChI is InChI=1S/C19H31ClN2O/c1-2-3-4-5-6-7-8-9-10-11-12-19(23)22-16-13-14-17(20)18(21)15-16/h13-15H,2-12,21H2,1H3,(H,22,23). The molecule has 1 aromatic rings. The summed E-state index contributed by atoms with van der Waals surface area (Å²) in [6.07, 6.45) is 13.3. The Hall–Kier alpha value is -1.22. The van der Waals surface area contributed by atoms with E-state index in [0.717, 1.165) is 12.8 Å². The number of hydrogen-bond acceptors (Lipinski definition) is 2. The van der Waals surface area contributed by atoms with Crippen LogP contribution < -0.4 is 11.1 Å². The van der Waals surface area contributed by atoms with E-state index in [9.17, 15) is 4.79 Å². The lowest BCUT2D eigenvalue weighted by molar-refractivity contribution is -0.116. The molecule has 3 nitrogen and oxygen atoms in total. The lowest BCUT2D eigenvalue weighted by atomic mass is 10.1. The molecule has 0 atom stereocenters. The number of carbonyl (C=O) groups is 1. The average molecular weight is 339 g/mol. The van der Waals surface area contributed by atoms with E-state index in [4.69, 9.17) is 17.3 Å². The number of halogens is 1.